The van der Waals surface area contributed by atoms with Gasteiger partial charge < -0.3 is 9.84 Å². The first-order valence-corrected chi connectivity index (χ1v) is 8.21. The van der Waals surface area contributed by atoms with Gasteiger partial charge in [-0.15, -0.1) is 0 Å². The standard InChI is InChI=1S/C17H20ClN3O2/c1-2-15-7-16(23-20-15)8-19-17(22)13-10-21(11-13)9-12-3-5-14(18)6-4-12/h3-7,13H,2,8-11H2,1H3,(H,19,22). The SMILES string of the molecule is CCc1cc(CNC(=O)C2CN(Cc3ccc(Cl)cc3)C2)on1. The van der Waals surface area contributed by atoms with Crippen molar-refractivity contribution in [1.82, 2.24) is 15.4 Å². The number of rotatable bonds is 6. The zero-order valence-electron chi connectivity index (χ0n) is 13.1. The van der Waals surface area contributed by atoms with Crippen LogP contribution >= 0.6 is 11.6 Å². The Hall–Kier alpha value is -1.85. The highest BCUT2D eigenvalue weighted by Crippen LogP contribution is 2.20. The monoisotopic (exact) mass is 333 g/mol. The van der Waals surface area contributed by atoms with Crippen molar-refractivity contribution in [2.75, 3.05) is 13.1 Å². The number of halogens is 1. The number of amides is 1. The molecule has 1 aromatic carbocycles. The van der Waals surface area contributed by atoms with Crippen LogP contribution < -0.4 is 5.32 Å². The van der Waals surface area contributed by atoms with Crippen molar-refractivity contribution in [2.45, 2.75) is 26.4 Å². The highest BCUT2D eigenvalue weighted by Gasteiger charge is 2.32. The third-order valence-electron chi connectivity index (χ3n) is 4.05. The Morgan fingerprint density at radius 1 is 1.39 bits per heavy atom. The van der Waals surface area contributed by atoms with E-state index in [1.54, 1.807) is 0 Å². The molecule has 0 bridgehead atoms. The quantitative estimate of drug-likeness (QED) is 0.883. The van der Waals surface area contributed by atoms with E-state index >= 15 is 0 Å². The molecule has 0 unspecified atom stereocenters. The van der Waals surface area contributed by atoms with Crippen LogP contribution in [0.3, 0.4) is 0 Å². The van der Waals surface area contributed by atoms with Gasteiger partial charge in [0.25, 0.3) is 0 Å². The normalized spacial score (nSPS) is 15.4. The molecule has 23 heavy (non-hydrogen) atoms. The molecule has 1 N–H and O–H groups in total. The van der Waals surface area contributed by atoms with Crippen molar-refractivity contribution in [1.29, 1.82) is 0 Å². The summed E-state index contributed by atoms with van der Waals surface area (Å²) in [5, 5.41) is 7.57. The lowest BCUT2D eigenvalue weighted by molar-refractivity contribution is -0.130. The Bertz CT molecular complexity index is 663. The largest absolute Gasteiger partial charge is 0.359 e. The van der Waals surface area contributed by atoms with Crippen molar-refractivity contribution in [3.8, 4) is 0 Å². The molecule has 1 aliphatic heterocycles. The summed E-state index contributed by atoms with van der Waals surface area (Å²) >= 11 is 5.88. The number of likely N-dealkylation sites (tertiary alicyclic amines) is 1. The van der Waals surface area contributed by atoms with Crippen molar-refractivity contribution in [2.24, 2.45) is 5.92 Å². The maximum atomic E-state index is 12.1. The number of aromatic nitrogens is 1. The maximum absolute atomic E-state index is 12.1. The number of benzene rings is 1. The lowest BCUT2D eigenvalue weighted by Crippen LogP contribution is -2.52. The Kier molecular flexibility index (Phi) is 4.98. The molecule has 0 spiro atoms. The molecule has 1 aromatic heterocycles. The van der Waals surface area contributed by atoms with Gasteiger partial charge in [-0.3, -0.25) is 9.69 Å². The summed E-state index contributed by atoms with van der Waals surface area (Å²) in [5.74, 6) is 0.829. The van der Waals surface area contributed by atoms with Crippen LogP contribution in [0.15, 0.2) is 34.9 Å². The lowest BCUT2D eigenvalue weighted by atomic mass is 9.98. The van der Waals surface area contributed by atoms with Crippen molar-refractivity contribution < 1.29 is 9.32 Å². The van der Waals surface area contributed by atoms with Crippen LogP contribution in [-0.2, 0) is 24.3 Å². The van der Waals surface area contributed by atoms with Crippen LogP contribution in [0.25, 0.3) is 0 Å². The van der Waals surface area contributed by atoms with Crippen LogP contribution in [0.5, 0.6) is 0 Å². The number of nitrogens with zero attached hydrogens (tertiary/aromatic N) is 2. The molecular weight excluding hydrogens is 314 g/mol. The predicted molar refractivity (Wildman–Crippen MR) is 87.9 cm³/mol. The van der Waals surface area contributed by atoms with E-state index in [1.165, 1.54) is 5.56 Å². The third kappa shape index (κ3) is 4.12. The van der Waals surface area contributed by atoms with E-state index in [9.17, 15) is 4.79 Å². The Morgan fingerprint density at radius 2 is 2.13 bits per heavy atom. The first-order chi connectivity index (χ1) is 11.1. The minimum Gasteiger partial charge on any atom is -0.359 e. The predicted octanol–water partition coefficient (Wildman–Crippen LogP) is 2.64. The van der Waals surface area contributed by atoms with Gasteiger partial charge in [0.2, 0.25) is 5.91 Å². The van der Waals surface area contributed by atoms with Gasteiger partial charge in [-0.25, -0.2) is 0 Å². The Morgan fingerprint density at radius 3 is 2.78 bits per heavy atom. The van der Waals surface area contributed by atoms with Crippen LogP contribution in [0.2, 0.25) is 5.02 Å². The molecule has 0 radical (unpaired) electrons. The molecule has 0 atom stereocenters. The molecular formula is C17H20ClN3O2. The first-order valence-electron chi connectivity index (χ1n) is 7.83. The molecule has 1 amide bonds. The molecule has 3 rings (SSSR count). The summed E-state index contributed by atoms with van der Waals surface area (Å²) in [6, 6.07) is 9.70. The molecule has 122 valence electrons. The van der Waals surface area contributed by atoms with Crippen LogP contribution in [-0.4, -0.2) is 29.1 Å². The van der Waals surface area contributed by atoms with Gasteiger partial charge in [0, 0.05) is 30.7 Å². The van der Waals surface area contributed by atoms with Crippen molar-refractivity contribution in [3.63, 3.8) is 0 Å². The lowest BCUT2D eigenvalue weighted by Gasteiger charge is -2.38. The third-order valence-corrected chi connectivity index (χ3v) is 4.31. The number of carbonyl (C=O) groups is 1. The van der Waals surface area contributed by atoms with Gasteiger partial charge in [0.05, 0.1) is 18.2 Å². The average Bonchev–Trinajstić information content (AvgIpc) is 2.98. The van der Waals surface area contributed by atoms with E-state index in [2.05, 4.69) is 15.4 Å². The fourth-order valence-corrected chi connectivity index (χ4v) is 2.76. The van der Waals surface area contributed by atoms with Gasteiger partial charge in [0.1, 0.15) is 0 Å². The van der Waals surface area contributed by atoms with E-state index in [1.807, 2.05) is 37.3 Å². The fraction of sp³-hybridized carbons (Fsp3) is 0.412. The molecule has 2 aromatic rings. The van der Waals surface area contributed by atoms with E-state index < -0.39 is 0 Å². The Labute approximate surface area is 140 Å². The van der Waals surface area contributed by atoms with E-state index in [-0.39, 0.29) is 11.8 Å². The van der Waals surface area contributed by atoms with E-state index in [0.717, 1.165) is 36.8 Å². The molecule has 0 aliphatic carbocycles. The summed E-state index contributed by atoms with van der Waals surface area (Å²) in [6.45, 7) is 4.84. The second-order valence-electron chi connectivity index (χ2n) is 5.87. The highest BCUT2D eigenvalue weighted by atomic mass is 35.5. The van der Waals surface area contributed by atoms with Crippen LogP contribution in [0.1, 0.15) is 23.9 Å². The molecule has 5 nitrogen and oxygen atoms in total. The summed E-state index contributed by atoms with van der Waals surface area (Å²) in [4.78, 5) is 14.3. The second kappa shape index (κ2) is 7.15. The van der Waals surface area contributed by atoms with Gasteiger partial charge >= 0.3 is 0 Å². The van der Waals surface area contributed by atoms with E-state index in [0.29, 0.717) is 12.3 Å². The summed E-state index contributed by atoms with van der Waals surface area (Å²) in [7, 11) is 0. The van der Waals surface area contributed by atoms with Gasteiger partial charge in [-0.2, -0.15) is 0 Å². The minimum absolute atomic E-state index is 0.0517. The van der Waals surface area contributed by atoms with Crippen LogP contribution in [0, 0.1) is 5.92 Å². The Balaban J connectivity index is 1.40. The number of carbonyl (C=O) groups excluding carboxylic acids is 1. The van der Waals surface area contributed by atoms with Gasteiger partial charge in [-0.1, -0.05) is 35.8 Å². The van der Waals surface area contributed by atoms with Gasteiger partial charge in [0.15, 0.2) is 5.76 Å². The minimum atomic E-state index is 0.0517. The first kappa shape index (κ1) is 16.0. The van der Waals surface area contributed by atoms with Crippen molar-refractivity contribution >= 4 is 17.5 Å². The van der Waals surface area contributed by atoms with Crippen LogP contribution in [0.4, 0.5) is 0 Å². The zero-order chi connectivity index (χ0) is 16.2. The summed E-state index contributed by atoms with van der Waals surface area (Å²) in [6.07, 6.45) is 0.833. The molecule has 0 saturated carbocycles. The number of hydrogen-bond acceptors (Lipinski definition) is 4. The summed E-state index contributed by atoms with van der Waals surface area (Å²) in [5.41, 5.74) is 2.12. The summed E-state index contributed by atoms with van der Waals surface area (Å²) < 4.78 is 5.16. The molecule has 1 fully saturated rings. The molecule has 1 saturated heterocycles. The highest BCUT2D eigenvalue weighted by molar-refractivity contribution is 6.30. The maximum Gasteiger partial charge on any atom is 0.226 e. The number of hydrogen-bond donors (Lipinski definition) is 1. The fourth-order valence-electron chi connectivity index (χ4n) is 2.64. The molecule has 1 aliphatic rings. The van der Waals surface area contributed by atoms with Gasteiger partial charge in [-0.05, 0) is 24.1 Å². The van der Waals surface area contributed by atoms with Crippen molar-refractivity contribution in [3.05, 3.63) is 52.4 Å². The number of nitrogens with one attached hydrogen (secondary N) is 1. The topological polar surface area (TPSA) is 58.4 Å². The number of aryl methyl sites for hydroxylation is 1. The van der Waals surface area contributed by atoms with E-state index in [4.69, 9.17) is 16.1 Å². The average molecular weight is 334 g/mol. The molecule has 6 heteroatoms. The zero-order valence-corrected chi connectivity index (χ0v) is 13.8. The smallest absolute Gasteiger partial charge is 0.226 e. The molecule has 2 heterocycles. The second-order valence-corrected chi connectivity index (χ2v) is 6.31.